The van der Waals surface area contributed by atoms with Crippen molar-refractivity contribution in [3.8, 4) is 0 Å². The van der Waals surface area contributed by atoms with E-state index in [1.165, 1.54) is 12.8 Å². The molecule has 0 saturated carbocycles. The number of nitrogens with zero attached hydrogens (tertiary/aromatic N) is 2. The summed E-state index contributed by atoms with van der Waals surface area (Å²) in [6.45, 7) is 8.84. The van der Waals surface area contributed by atoms with Gasteiger partial charge in [-0.05, 0) is 76.2 Å². The largest absolute Gasteiger partial charge is 0.363 e. The third-order valence-corrected chi connectivity index (χ3v) is 13.0. The van der Waals surface area contributed by atoms with Gasteiger partial charge in [0.1, 0.15) is 0 Å². The molecule has 3 amide bonds. The Balaban J connectivity index is 1.29. The highest BCUT2D eigenvalue weighted by atomic mass is 16.3. The number of rotatable bonds is 22. The average molecular weight is 756 g/mol. The monoisotopic (exact) mass is 755 g/mol. The molecule has 2 aliphatic heterocycles. The van der Waals surface area contributed by atoms with Crippen LogP contribution in [0.25, 0.3) is 43.1 Å². The van der Waals surface area contributed by atoms with Gasteiger partial charge >= 0.3 is 0 Å². The van der Waals surface area contributed by atoms with E-state index in [1.807, 2.05) is 36.4 Å². The van der Waals surface area contributed by atoms with Gasteiger partial charge < -0.3 is 5.11 Å². The van der Waals surface area contributed by atoms with E-state index in [9.17, 15) is 19.5 Å². The first kappa shape index (κ1) is 40.2. The van der Waals surface area contributed by atoms with Crippen molar-refractivity contribution in [3.63, 3.8) is 0 Å². The second-order valence-electron chi connectivity index (χ2n) is 16.8. The maximum atomic E-state index is 14.6. The SMILES string of the molecule is CCCCCCC(CCCCCC)N1[C](O)c2ccc3c4ccc5c6c(ccc(c7ccc(c2c37)C1=O)c64)C(=O)N(C(CCCCCC)CCCCCC)C5=O. The van der Waals surface area contributed by atoms with Crippen molar-refractivity contribution < 1.29 is 19.5 Å². The molecule has 1 N–H and O–H groups in total. The highest BCUT2D eigenvalue weighted by molar-refractivity contribution is 6.39. The number of aliphatic hydroxyl groups excluding tert-OH is 1. The standard InChI is InChI=1S/C50H63N2O4/c1-5-9-13-17-21-33(22-18-14-10-6-2)51-47(53)39-29-25-35-37-27-31-41-46-42(32-28-38(44(37)46)36-26-30-40(48(51)54)45(39)43(35)36)50(56)52(49(41)55)34(23-19-15-11-7-3)24-20-16-12-8-4/h25-34,53H,5-24H2,1-4H3. The molecule has 56 heavy (non-hydrogen) atoms. The van der Waals surface area contributed by atoms with Gasteiger partial charge in [0, 0.05) is 45.1 Å². The van der Waals surface area contributed by atoms with Crippen LogP contribution in [0.5, 0.6) is 0 Å². The number of unbranched alkanes of at least 4 members (excludes halogenated alkanes) is 12. The summed E-state index contributed by atoms with van der Waals surface area (Å²) in [4.78, 5) is 46.9. The number of aliphatic hydroxyl groups is 1. The van der Waals surface area contributed by atoms with Gasteiger partial charge in [0.05, 0.1) is 0 Å². The van der Waals surface area contributed by atoms with Crippen LogP contribution >= 0.6 is 0 Å². The smallest absolute Gasteiger partial charge is 0.261 e. The van der Waals surface area contributed by atoms with E-state index < -0.39 is 0 Å². The second kappa shape index (κ2) is 18.1. The first-order chi connectivity index (χ1) is 27.4. The summed E-state index contributed by atoms with van der Waals surface area (Å²) in [6.07, 6.45) is 21.4. The summed E-state index contributed by atoms with van der Waals surface area (Å²) < 4.78 is 0. The van der Waals surface area contributed by atoms with Crippen molar-refractivity contribution in [2.75, 3.05) is 0 Å². The van der Waals surface area contributed by atoms with E-state index in [-0.39, 0.29) is 36.0 Å². The molecule has 5 aromatic rings. The highest BCUT2D eigenvalue weighted by Gasteiger charge is 2.41. The molecule has 6 heteroatoms. The third kappa shape index (κ3) is 7.32. The second-order valence-corrected chi connectivity index (χ2v) is 16.8. The fraction of sp³-hybridized carbons (Fsp3) is 0.520. The molecule has 0 bridgehead atoms. The van der Waals surface area contributed by atoms with Crippen LogP contribution < -0.4 is 0 Å². The average Bonchev–Trinajstić information content (AvgIpc) is 3.21. The molecule has 0 aromatic heterocycles. The lowest BCUT2D eigenvalue weighted by atomic mass is 9.81. The maximum Gasteiger partial charge on any atom is 0.261 e. The van der Waals surface area contributed by atoms with Crippen molar-refractivity contribution in [2.24, 2.45) is 0 Å². The van der Waals surface area contributed by atoms with E-state index in [0.717, 1.165) is 159 Å². The molecular formula is C50H63N2O4. The minimum absolute atomic E-state index is 0.0505. The van der Waals surface area contributed by atoms with Crippen molar-refractivity contribution in [2.45, 2.75) is 168 Å². The van der Waals surface area contributed by atoms with Crippen LogP contribution in [0.1, 0.15) is 193 Å². The first-order valence-electron chi connectivity index (χ1n) is 22.4. The molecule has 297 valence electrons. The Morgan fingerprint density at radius 3 is 1.05 bits per heavy atom. The van der Waals surface area contributed by atoms with Crippen LogP contribution in [-0.4, -0.2) is 44.7 Å². The normalized spacial score (nSPS) is 14.8. The van der Waals surface area contributed by atoms with Crippen molar-refractivity contribution >= 4 is 60.8 Å². The van der Waals surface area contributed by atoms with Crippen molar-refractivity contribution in [1.29, 1.82) is 0 Å². The minimum Gasteiger partial charge on any atom is -0.363 e. The number of benzene rings is 5. The van der Waals surface area contributed by atoms with Crippen LogP contribution in [0.15, 0.2) is 48.5 Å². The summed E-state index contributed by atoms with van der Waals surface area (Å²) in [7, 11) is 0. The van der Waals surface area contributed by atoms with E-state index >= 15 is 0 Å². The van der Waals surface area contributed by atoms with Gasteiger partial charge in [-0.3, -0.25) is 24.2 Å². The fourth-order valence-corrected chi connectivity index (χ4v) is 10.0. The number of amides is 3. The molecule has 2 aliphatic rings. The lowest BCUT2D eigenvalue weighted by molar-refractivity contribution is 0.0452. The molecule has 0 saturated heterocycles. The molecule has 1 radical (unpaired) electrons. The van der Waals surface area contributed by atoms with Gasteiger partial charge in [-0.25, -0.2) is 0 Å². The Bertz CT molecular complexity index is 2090. The quantitative estimate of drug-likeness (QED) is 0.0330. The summed E-state index contributed by atoms with van der Waals surface area (Å²) in [5.74, 6) is -0.481. The molecule has 6 nitrogen and oxygen atoms in total. The summed E-state index contributed by atoms with van der Waals surface area (Å²) in [5, 5.41) is 19.3. The zero-order chi connectivity index (χ0) is 39.3. The topological polar surface area (TPSA) is 77.9 Å². The van der Waals surface area contributed by atoms with Crippen molar-refractivity contribution in [3.05, 3.63) is 77.0 Å². The minimum atomic E-state index is -0.178. The predicted octanol–water partition coefficient (Wildman–Crippen LogP) is 13.6. The molecule has 0 aliphatic carbocycles. The lowest BCUT2D eigenvalue weighted by Crippen LogP contribution is -2.47. The Kier molecular flexibility index (Phi) is 13.0. The number of hydrogen-bond acceptors (Lipinski definition) is 4. The van der Waals surface area contributed by atoms with E-state index in [4.69, 9.17) is 0 Å². The molecule has 0 unspecified atom stereocenters. The number of hydrogen-bond donors (Lipinski definition) is 1. The zero-order valence-electron chi connectivity index (χ0n) is 34.5. The number of carbonyl (C=O) groups excluding carboxylic acids is 3. The van der Waals surface area contributed by atoms with Gasteiger partial charge in [0.2, 0.25) is 6.23 Å². The van der Waals surface area contributed by atoms with Gasteiger partial charge in [0.25, 0.3) is 17.7 Å². The maximum absolute atomic E-state index is 14.6. The van der Waals surface area contributed by atoms with Gasteiger partial charge in [-0.15, -0.1) is 0 Å². The predicted molar refractivity (Wildman–Crippen MR) is 231 cm³/mol. The number of carbonyl (C=O) groups is 3. The Labute approximate surface area is 334 Å². The summed E-state index contributed by atoms with van der Waals surface area (Å²) >= 11 is 0. The first-order valence-corrected chi connectivity index (χ1v) is 22.4. The highest BCUT2D eigenvalue weighted by Crippen LogP contribution is 2.48. The Morgan fingerprint density at radius 1 is 0.393 bits per heavy atom. The molecule has 7 rings (SSSR count). The summed E-state index contributed by atoms with van der Waals surface area (Å²) in [5.41, 5.74) is 2.53. The van der Waals surface area contributed by atoms with Crippen LogP contribution in [-0.2, 0) is 0 Å². The molecule has 0 spiro atoms. The van der Waals surface area contributed by atoms with Gasteiger partial charge in [-0.1, -0.05) is 161 Å². The van der Waals surface area contributed by atoms with E-state index in [1.54, 1.807) is 9.80 Å². The van der Waals surface area contributed by atoms with E-state index in [2.05, 4.69) is 39.8 Å². The summed E-state index contributed by atoms with van der Waals surface area (Å²) in [6, 6.07) is 15.8. The third-order valence-electron chi connectivity index (χ3n) is 13.0. The molecule has 0 fully saturated rings. The number of fused-ring (bicyclic) bond motifs is 2. The molecular weight excluding hydrogens is 693 g/mol. The van der Waals surface area contributed by atoms with Crippen LogP contribution in [0, 0.1) is 6.23 Å². The number of imide groups is 1. The Morgan fingerprint density at radius 2 is 0.696 bits per heavy atom. The zero-order valence-corrected chi connectivity index (χ0v) is 34.5. The van der Waals surface area contributed by atoms with Gasteiger partial charge in [-0.2, -0.15) is 0 Å². The van der Waals surface area contributed by atoms with Crippen LogP contribution in [0.2, 0.25) is 0 Å². The van der Waals surface area contributed by atoms with Gasteiger partial charge in [0.15, 0.2) is 0 Å². The molecule has 2 heterocycles. The molecule has 0 atom stereocenters. The van der Waals surface area contributed by atoms with Crippen LogP contribution in [0.4, 0.5) is 0 Å². The lowest BCUT2D eigenvalue weighted by Gasteiger charge is -2.39. The Hall–Kier alpha value is -4.03. The fourth-order valence-electron chi connectivity index (χ4n) is 10.0. The van der Waals surface area contributed by atoms with Crippen LogP contribution in [0.3, 0.4) is 0 Å². The van der Waals surface area contributed by atoms with Crippen molar-refractivity contribution in [1.82, 2.24) is 9.80 Å². The molecule has 5 aromatic carbocycles. The van der Waals surface area contributed by atoms with E-state index in [0.29, 0.717) is 22.3 Å².